The van der Waals surface area contributed by atoms with E-state index in [1.807, 2.05) is 0 Å². The smallest absolute Gasteiger partial charge is 0.241 e. The number of aryl methyl sites for hydroxylation is 1. The van der Waals surface area contributed by atoms with Crippen LogP contribution in [0.15, 0.2) is 41.3 Å². The topological polar surface area (TPSA) is 72.6 Å². The number of hydrogen-bond donors (Lipinski definition) is 1. The second kappa shape index (κ2) is 6.55. The van der Waals surface area contributed by atoms with E-state index in [0.29, 0.717) is 5.75 Å². The van der Waals surface area contributed by atoms with Crippen molar-refractivity contribution in [2.24, 2.45) is 5.14 Å². The molecule has 128 valence electrons. The van der Waals surface area contributed by atoms with E-state index in [9.17, 15) is 8.42 Å². The minimum absolute atomic E-state index is 0.0656. The Hall–Kier alpha value is -1.89. The molecule has 3 rings (SSSR count). The van der Waals surface area contributed by atoms with E-state index in [1.54, 1.807) is 12.1 Å². The summed E-state index contributed by atoms with van der Waals surface area (Å²) in [7, 11) is -2.32. The second-order valence-electron chi connectivity index (χ2n) is 6.27. The highest BCUT2D eigenvalue weighted by Crippen LogP contribution is 2.30. The molecule has 0 spiro atoms. The van der Waals surface area contributed by atoms with Gasteiger partial charge in [-0.2, -0.15) is 0 Å². The summed E-state index contributed by atoms with van der Waals surface area (Å²) in [5.74, 6) is 0.314. The van der Waals surface area contributed by atoms with Gasteiger partial charge in [-0.25, -0.2) is 13.6 Å². The van der Waals surface area contributed by atoms with Gasteiger partial charge < -0.3 is 4.74 Å². The first-order valence-electron chi connectivity index (χ1n) is 7.87. The molecule has 0 aliphatic carbocycles. The number of primary sulfonamides is 1. The van der Waals surface area contributed by atoms with Crippen LogP contribution < -0.4 is 9.88 Å². The van der Waals surface area contributed by atoms with Crippen molar-refractivity contribution in [2.75, 3.05) is 13.7 Å². The zero-order chi connectivity index (χ0) is 17.3. The van der Waals surface area contributed by atoms with Crippen molar-refractivity contribution in [1.82, 2.24) is 4.90 Å². The van der Waals surface area contributed by atoms with E-state index in [-0.39, 0.29) is 4.90 Å². The van der Waals surface area contributed by atoms with Gasteiger partial charge in [0.05, 0.1) is 7.11 Å². The highest BCUT2D eigenvalue weighted by molar-refractivity contribution is 7.89. The molecular formula is C18H22N2O3S. The van der Waals surface area contributed by atoms with E-state index < -0.39 is 10.0 Å². The number of rotatable bonds is 4. The van der Waals surface area contributed by atoms with Gasteiger partial charge in [0, 0.05) is 19.6 Å². The third-order valence-corrected chi connectivity index (χ3v) is 5.30. The van der Waals surface area contributed by atoms with Crippen molar-refractivity contribution < 1.29 is 13.2 Å². The normalized spacial score (nSPS) is 15.1. The van der Waals surface area contributed by atoms with Gasteiger partial charge in [0.25, 0.3) is 0 Å². The Bertz CT molecular complexity index is 863. The third-order valence-electron chi connectivity index (χ3n) is 4.37. The number of hydrogen-bond acceptors (Lipinski definition) is 4. The average molecular weight is 346 g/mol. The fourth-order valence-electron chi connectivity index (χ4n) is 3.21. The lowest BCUT2D eigenvalue weighted by Crippen LogP contribution is -2.30. The molecule has 0 bridgehead atoms. The van der Waals surface area contributed by atoms with Gasteiger partial charge in [-0.1, -0.05) is 29.8 Å². The van der Waals surface area contributed by atoms with Crippen LogP contribution in [0.2, 0.25) is 0 Å². The molecule has 1 aliphatic rings. The lowest BCUT2D eigenvalue weighted by atomic mass is 9.98. The molecule has 1 heterocycles. The molecule has 2 aromatic rings. The molecule has 0 saturated carbocycles. The standard InChI is InChI=1S/C18H22N2O3S/c1-13-4-3-5-14(8-13)11-20-7-6-15-10-18(24(19,21)22)17(23-2)9-16(15)12-20/h3-5,8-10H,6-7,11-12H2,1-2H3,(H2,19,21,22). The molecule has 0 amide bonds. The summed E-state index contributed by atoms with van der Waals surface area (Å²) in [6.07, 6.45) is 0.799. The Morgan fingerprint density at radius 1 is 1.21 bits per heavy atom. The number of fused-ring (bicyclic) bond motifs is 1. The van der Waals surface area contributed by atoms with E-state index >= 15 is 0 Å². The molecular weight excluding hydrogens is 324 g/mol. The Balaban J connectivity index is 1.85. The van der Waals surface area contributed by atoms with Crippen LogP contribution >= 0.6 is 0 Å². The zero-order valence-corrected chi connectivity index (χ0v) is 14.8. The van der Waals surface area contributed by atoms with Crippen LogP contribution in [0.1, 0.15) is 22.3 Å². The first-order valence-corrected chi connectivity index (χ1v) is 9.42. The van der Waals surface area contributed by atoms with Gasteiger partial charge in [0.1, 0.15) is 10.6 Å². The van der Waals surface area contributed by atoms with Gasteiger partial charge >= 0.3 is 0 Å². The van der Waals surface area contributed by atoms with Gasteiger partial charge in [0.15, 0.2) is 0 Å². The minimum atomic E-state index is -3.78. The van der Waals surface area contributed by atoms with Crippen LogP contribution in [0, 0.1) is 6.92 Å². The summed E-state index contributed by atoms with van der Waals surface area (Å²) in [5.41, 5.74) is 4.66. The molecule has 2 N–H and O–H groups in total. The summed E-state index contributed by atoms with van der Waals surface area (Å²) in [4.78, 5) is 2.42. The molecule has 0 saturated heterocycles. The summed E-state index contributed by atoms with van der Waals surface area (Å²) >= 11 is 0. The zero-order valence-electron chi connectivity index (χ0n) is 14.0. The van der Waals surface area contributed by atoms with Crippen molar-refractivity contribution in [1.29, 1.82) is 0 Å². The molecule has 5 nitrogen and oxygen atoms in total. The van der Waals surface area contributed by atoms with Crippen LogP contribution in [-0.4, -0.2) is 27.0 Å². The average Bonchev–Trinajstić information content (AvgIpc) is 2.52. The maximum atomic E-state index is 11.7. The molecule has 0 fully saturated rings. The largest absolute Gasteiger partial charge is 0.495 e. The van der Waals surface area contributed by atoms with E-state index in [0.717, 1.165) is 37.2 Å². The lowest BCUT2D eigenvalue weighted by Gasteiger charge is -2.29. The maximum Gasteiger partial charge on any atom is 0.241 e. The molecule has 0 aromatic heterocycles. The SMILES string of the molecule is COc1cc2c(cc1S(N)(=O)=O)CCN(Cc1cccc(C)c1)C2. The molecule has 1 aliphatic heterocycles. The first kappa shape index (κ1) is 17.0. The Kier molecular flexibility index (Phi) is 4.62. The van der Waals surface area contributed by atoms with Gasteiger partial charge in [-0.05, 0) is 42.2 Å². The van der Waals surface area contributed by atoms with Crippen LogP contribution in [-0.2, 0) is 29.5 Å². The minimum Gasteiger partial charge on any atom is -0.495 e. The van der Waals surface area contributed by atoms with Crippen molar-refractivity contribution in [3.05, 3.63) is 58.7 Å². The van der Waals surface area contributed by atoms with Crippen LogP contribution in [0.3, 0.4) is 0 Å². The summed E-state index contributed by atoms with van der Waals surface area (Å²) < 4.78 is 28.7. The Morgan fingerprint density at radius 2 is 2.00 bits per heavy atom. The lowest BCUT2D eigenvalue weighted by molar-refractivity contribution is 0.244. The number of sulfonamides is 1. The van der Waals surface area contributed by atoms with Crippen molar-refractivity contribution in [3.63, 3.8) is 0 Å². The molecule has 24 heavy (non-hydrogen) atoms. The van der Waals surface area contributed by atoms with E-state index in [4.69, 9.17) is 9.88 Å². The van der Waals surface area contributed by atoms with E-state index in [1.165, 1.54) is 18.2 Å². The fraction of sp³-hybridized carbons (Fsp3) is 0.333. The van der Waals surface area contributed by atoms with Crippen molar-refractivity contribution >= 4 is 10.0 Å². The quantitative estimate of drug-likeness (QED) is 0.921. The molecule has 0 atom stereocenters. The predicted molar refractivity (Wildman–Crippen MR) is 93.4 cm³/mol. The van der Waals surface area contributed by atoms with Gasteiger partial charge in [-0.15, -0.1) is 0 Å². The maximum absolute atomic E-state index is 11.7. The first-order chi connectivity index (χ1) is 11.4. The van der Waals surface area contributed by atoms with Crippen LogP contribution in [0.5, 0.6) is 5.75 Å². The molecule has 0 unspecified atom stereocenters. The summed E-state index contributed by atoms with van der Waals surface area (Å²) in [5, 5.41) is 5.29. The monoisotopic (exact) mass is 346 g/mol. The van der Waals surface area contributed by atoms with Crippen LogP contribution in [0.4, 0.5) is 0 Å². The number of ether oxygens (including phenoxy) is 1. The molecule has 0 radical (unpaired) electrons. The summed E-state index contributed by atoms with van der Waals surface area (Å²) in [6, 6.07) is 12.0. The number of methoxy groups -OCH3 is 1. The van der Waals surface area contributed by atoms with E-state index in [2.05, 4.69) is 36.1 Å². The highest BCUT2D eigenvalue weighted by Gasteiger charge is 2.23. The molecule has 2 aromatic carbocycles. The van der Waals surface area contributed by atoms with Gasteiger partial charge in [-0.3, -0.25) is 4.90 Å². The number of nitrogens with two attached hydrogens (primary N) is 1. The summed E-state index contributed by atoms with van der Waals surface area (Å²) in [6.45, 7) is 4.62. The predicted octanol–water partition coefficient (Wildman–Crippen LogP) is 2.21. The van der Waals surface area contributed by atoms with Crippen LogP contribution in [0.25, 0.3) is 0 Å². The van der Waals surface area contributed by atoms with Crippen molar-refractivity contribution in [2.45, 2.75) is 31.3 Å². The third kappa shape index (κ3) is 3.61. The Labute approximate surface area is 143 Å². The molecule has 6 heteroatoms. The Morgan fingerprint density at radius 3 is 2.67 bits per heavy atom. The fourth-order valence-corrected chi connectivity index (χ4v) is 3.94. The number of nitrogens with zero attached hydrogens (tertiary/aromatic N) is 1. The highest BCUT2D eigenvalue weighted by atomic mass is 32.2. The van der Waals surface area contributed by atoms with Crippen molar-refractivity contribution in [3.8, 4) is 5.75 Å². The number of benzene rings is 2. The van der Waals surface area contributed by atoms with Gasteiger partial charge in [0.2, 0.25) is 10.0 Å². The second-order valence-corrected chi connectivity index (χ2v) is 7.80.